The first kappa shape index (κ1) is 11.8. The molecule has 0 radical (unpaired) electrons. The van der Waals surface area contributed by atoms with Gasteiger partial charge in [0.25, 0.3) is 0 Å². The third kappa shape index (κ3) is 3.06. The fourth-order valence-corrected chi connectivity index (χ4v) is 0.761. The third-order valence-corrected chi connectivity index (χ3v) is 1.50. The molecule has 0 spiro atoms. The van der Waals surface area contributed by atoms with Gasteiger partial charge >= 0.3 is 35.5 Å². The number of rotatable bonds is 2. The van der Waals surface area contributed by atoms with Gasteiger partial charge in [0, 0.05) is 0 Å². The van der Waals surface area contributed by atoms with Crippen LogP contribution >= 0.6 is 12.2 Å². The van der Waals surface area contributed by atoms with Gasteiger partial charge in [-0.3, -0.25) is 9.89 Å². The van der Waals surface area contributed by atoms with Gasteiger partial charge in [-0.05, 0) is 0 Å². The van der Waals surface area contributed by atoms with E-state index < -0.39 is 0 Å². The molecule has 0 saturated carbocycles. The van der Waals surface area contributed by atoms with Crippen molar-refractivity contribution in [2.45, 2.75) is 6.42 Å². The summed E-state index contributed by atoms with van der Waals surface area (Å²) < 4.78 is 4.87. The van der Waals surface area contributed by atoms with Crippen molar-refractivity contribution in [2.75, 3.05) is 7.11 Å². The SMILES string of the molecule is COC(=O)Cc1n[nH][nH]c1=S.[H-].[Na+]. The Bertz CT molecular complexity index is 313. The van der Waals surface area contributed by atoms with Gasteiger partial charge in [-0.25, -0.2) is 5.21 Å². The van der Waals surface area contributed by atoms with Crippen LogP contribution in [0.25, 0.3) is 0 Å². The number of ether oxygens (including phenoxy) is 1. The minimum absolute atomic E-state index is 0. The van der Waals surface area contributed by atoms with Crippen LogP contribution < -0.4 is 29.6 Å². The van der Waals surface area contributed by atoms with Crippen molar-refractivity contribution in [2.24, 2.45) is 0 Å². The van der Waals surface area contributed by atoms with E-state index in [9.17, 15) is 4.79 Å². The number of esters is 1. The minimum atomic E-state index is -0.350. The molecular weight excluding hydrogens is 189 g/mol. The van der Waals surface area contributed by atoms with Crippen molar-refractivity contribution in [3.63, 3.8) is 0 Å². The smallest absolute Gasteiger partial charge is 1.00 e. The van der Waals surface area contributed by atoms with Crippen molar-refractivity contribution in [3.05, 3.63) is 10.3 Å². The van der Waals surface area contributed by atoms with Crippen molar-refractivity contribution in [3.8, 4) is 0 Å². The number of nitrogens with zero attached hydrogens (tertiary/aromatic N) is 1. The zero-order valence-corrected chi connectivity index (χ0v) is 9.70. The molecule has 0 aliphatic heterocycles. The molecule has 1 rings (SSSR count). The van der Waals surface area contributed by atoms with Gasteiger partial charge in [0.1, 0.15) is 10.3 Å². The largest absolute Gasteiger partial charge is 1.00 e. The molecule has 0 atom stereocenters. The number of nitrogens with one attached hydrogen (secondary N) is 2. The molecule has 2 N–H and O–H groups in total. The maximum absolute atomic E-state index is 10.7. The van der Waals surface area contributed by atoms with Crippen LogP contribution in [0.15, 0.2) is 0 Å². The van der Waals surface area contributed by atoms with Crippen LogP contribution in [0.5, 0.6) is 0 Å². The van der Waals surface area contributed by atoms with Crippen LogP contribution in [0.4, 0.5) is 0 Å². The Balaban J connectivity index is 0. The summed E-state index contributed by atoms with van der Waals surface area (Å²) >= 11 is 4.79. The Kier molecular flexibility index (Phi) is 5.39. The summed E-state index contributed by atoms with van der Waals surface area (Å²) in [4.78, 5) is 10.7. The Labute approximate surface area is 97.6 Å². The van der Waals surface area contributed by atoms with Crippen LogP contribution in [0.1, 0.15) is 7.12 Å². The van der Waals surface area contributed by atoms with E-state index in [0.717, 1.165) is 0 Å². The second-order valence-electron chi connectivity index (χ2n) is 1.88. The monoisotopic (exact) mass is 197 g/mol. The molecule has 5 nitrogen and oxygen atoms in total. The first-order chi connectivity index (χ1) is 5.24. The predicted molar refractivity (Wildman–Crippen MR) is 40.6 cm³/mol. The molecule has 0 aliphatic carbocycles. The zero-order chi connectivity index (χ0) is 8.27. The van der Waals surface area contributed by atoms with Gasteiger partial charge in [-0.1, -0.05) is 12.2 Å². The maximum atomic E-state index is 10.7. The number of aromatic nitrogens is 3. The first-order valence-electron chi connectivity index (χ1n) is 2.92. The molecule has 0 aliphatic rings. The molecule has 1 aromatic rings. The Morgan fingerprint density at radius 1 is 1.83 bits per heavy atom. The fraction of sp³-hybridized carbons (Fsp3) is 0.400. The molecule has 0 saturated heterocycles. The van der Waals surface area contributed by atoms with Crippen LogP contribution in [0.2, 0.25) is 0 Å². The molecule has 0 aromatic carbocycles. The molecule has 0 fully saturated rings. The number of methoxy groups -OCH3 is 1. The van der Waals surface area contributed by atoms with Crippen LogP contribution in [0, 0.1) is 4.64 Å². The Morgan fingerprint density at radius 3 is 2.92 bits per heavy atom. The Hall–Kier alpha value is -0.170. The van der Waals surface area contributed by atoms with E-state index in [0.29, 0.717) is 10.3 Å². The Morgan fingerprint density at radius 2 is 2.50 bits per heavy atom. The number of hydrogen-bond donors (Lipinski definition) is 2. The molecule has 0 bridgehead atoms. The number of hydrogen-bond acceptors (Lipinski definition) is 4. The summed E-state index contributed by atoms with van der Waals surface area (Å²) in [5.41, 5.74) is 0.506. The fourth-order valence-electron chi connectivity index (χ4n) is 0.598. The van der Waals surface area contributed by atoms with Gasteiger partial charge in [-0.2, -0.15) is 5.10 Å². The number of carbonyl (C=O) groups is 1. The van der Waals surface area contributed by atoms with Gasteiger partial charge < -0.3 is 6.16 Å². The van der Waals surface area contributed by atoms with Crippen molar-refractivity contribution < 1.29 is 40.5 Å². The maximum Gasteiger partial charge on any atom is 1.00 e. The molecule has 1 aromatic heterocycles. The van der Waals surface area contributed by atoms with Crippen molar-refractivity contribution >= 4 is 18.2 Å². The van der Waals surface area contributed by atoms with Crippen molar-refractivity contribution in [1.82, 2.24) is 15.4 Å². The van der Waals surface area contributed by atoms with E-state index in [1.165, 1.54) is 7.11 Å². The average Bonchev–Trinajstić information content (AvgIpc) is 2.37. The third-order valence-electron chi connectivity index (χ3n) is 1.16. The van der Waals surface area contributed by atoms with Gasteiger partial charge in [0.05, 0.1) is 13.5 Å². The number of H-pyrrole nitrogens is 2. The molecule has 0 unspecified atom stereocenters. The van der Waals surface area contributed by atoms with Crippen LogP contribution in [0.3, 0.4) is 0 Å². The molecular formula is C5H8N3NaO2S. The van der Waals surface area contributed by atoms with Gasteiger partial charge in [0.2, 0.25) is 0 Å². The van der Waals surface area contributed by atoms with Crippen LogP contribution in [-0.4, -0.2) is 28.5 Å². The van der Waals surface area contributed by atoms with E-state index in [1.54, 1.807) is 0 Å². The van der Waals surface area contributed by atoms with E-state index in [2.05, 4.69) is 20.1 Å². The van der Waals surface area contributed by atoms with E-state index in [-0.39, 0.29) is 43.4 Å². The summed E-state index contributed by atoms with van der Waals surface area (Å²) in [5.74, 6) is -0.350. The van der Waals surface area contributed by atoms with E-state index >= 15 is 0 Å². The first-order valence-corrected chi connectivity index (χ1v) is 3.33. The van der Waals surface area contributed by atoms with E-state index in [1.807, 2.05) is 0 Å². The van der Waals surface area contributed by atoms with Gasteiger partial charge in [0.15, 0.2) is 0 Å². The summed E-state index contributed by atoms with van der Waals surface area (Å²) in [7, 11) is 1.32. The quantitative estimate of drug-likeness (QED) is 0.307. The summed E-state index contributed by atoms with van der Waals surface area (Å²) in [5, 5.41) is 8.73. The zero-order valence-electron chi connectivity index (χ0n) is 7.88. The number of carbonyl (C=O) groups excluding carboxylic acids is 1. The van der Waals surface area contributed by atoms with Gasteiger partial charge in [-0.15, -0.1) is 0 Å². The van der Waals surface area contributed by atoms with E-state index in [4.69, 9.17) is 12.2 Å². The molecule has 1 heterocycles. The molecule has 62 valence electrons. The summed E-state index contributed by atoms with van der Waals surface area (Å²) in [6.45, 7) is 0. The minimum Gasteiger partial charge on any atom is -1.00 e. The number of aromatic amines is 2. The molecule has 0 amide bonds. The standard InChI is InChI=1S/C5H7N3O2S.Na.H/c1-10-4(9)2-3-5(11)7-8-6-3;;/h2H2,1H3,(H2,6,7,8,11);;/q;+1;-1. The predicted octanol–water partition coefficient (Wildman–Crippen LogP) is -2.70. The normalized spacial score (nSPS) is 8.75. The topological polar surface area (TPSA) is 70.8 Å². The molecule has 12 heavy (non-hydrogen) atoms. The second kappa shape index (κ2) is 5.47. The summed E-state index contributed by atoms with van der Waals surface area (Å²) in [6.07, 6.45) is 0.106. The average molecular weight is 197 g/mol. The van der Waals surface area contributed by atoms with Crippen molar-refractivity contribution in [1.29, 1.82) is 0 Å². The van der Waals surface area contributed by atoms with Crippen LogP contribution in [-0.2, 0) is 16.0 Å². The second-order valence-corrected chi connectivity index (χ2v) is 2.29. The molecule has 7 heteroatoms. The summed E-state index contributed by atoms with van der Waals surface area (Å²) in [6, 6.07) is 0.